The van der Waals surface area contributed by atoms with Crippen LogP contribution in [0.2, 0.25) is 0 Å². The molecule has 1 aromatic rings. The summed E-state index contributed by atoms with van der Waals surface area (Å²) in [6, 6.07) is 3.77. The molecule has 4 heterocycles. The van der Waals surface area contributed by atoms with E-state index in [4.69, 9.17) is 4.74 Å². The molecule has 0 saturated carbocycles. The maximum Gasteiger partial charge on any atom is 0.257 e. The molecule has 3 aliphatic heterocycles. The molecule has 0 spiro atoms. The lowest BCUT2D eigenvalue weighted by Gasteiger charge is -2.44. The minimum absolute atomic E-state index is 0.0799. The van der Waals surface area contributed by atoms with Crippen LogP contribution in [0.25, 0.3) is 0 Å². The largest absolute Gasteiger partial charge is 0.480 e. The second-order valence-corrected chi connectivity index (χ2v) is 5.28. The predicted molar refractivity (Wildman–Crippen MR) is 71.2 cm³/mol. The zero-order valence-electron chi connectivity index (χ0n) is 11.1. The second kappa shape index (κ2) is 5.17. The van der Waals surface area contributed by atoms with Crippen LogP contribution < -0.4 is 10.1 Å². The first-order valence-electron chi connectivity index (χ1n) is 6.80. The van der Waals surface area contributed by atoms with Crippen molar-refractivity contribution in [1.82, 2.24) is 15.2 Å². The van der Waals surface area contributed by atoms with Gasteiger partial charge in [0.05, 0.1) is 7.11 Å². The molecule has 1 amide bonds. The van der Waals surface area contributed by atoms with Crippen LogP contribution in [-0.4, -0.2) is 48.6 Å². The molecule has 1 aromatic heterocycles. The van der Waals surface area contributed by atoms with Gasteiger partial charge in [0.1, 0.15) is 5.56 Å². The Morgan fingerprint density at radius 1 is 1.47 bits per heavy atom. The van der Waals surface area contributed by atoms with Crippen LogP contribution in [-0.2, 0) is 0 Å². The first-order chi connectivity index (χ1) is 9.28. The van der Waals surface area contributed by atoms with Crippen molar-refractivity contribution >= 4 is 5.91 Å². The number of hydrogen-bond donors (Lipinski definition) is 1. The number of carbonyl (C=O) groups is 1. The molecule has 0 aromatic carbocycles. The lowest BCUT2D eigenvalue weighted by atomic mass is 9.84. The maximum absolute atomic E-state index is 12.3. The Kier molecular flexibility index (Phi) is 3.38. The zero-order valence-corrected chi connectivity index (χ0v) is 11.1. The summed E-state index contributed by atoms with van der Waals surface area (Å²) < 4.78 is 5.14. The molecule has 3 saturated heterocycles. The molecule has 0 aliphatic carbocycles. The molecule has 5 heteroatoms. The van der Waals surface area contributed by atoms with Crippen LogP contribution in [0.4, 0.5) is 0 Å². The van der Waals surface area contributed by atoms with Gasteiger partial charge in [-0.25, -0.2) is 4.98 Å². The number of fused-ring (bicyclic) bond motifs is 3. The van der Waals surface area contributed by atoms with Crippen molar-refractivity contribution in [2.45, 2.75) is 18.9 Å². The summed E-state index contributed by atoms with van der Waals surface area (Å²) in [5.41, 5.74) is 0.515. The maximum atomic E-state index is 12.3. The first kappa shape index (κ1) is 12.4. The molecule has 3 fully saturated rings. The van der Waals surface area contributed by atoms with Crippen LogP contribution in [0.15, 0.2) is 18.3 Å². The Morgan fingerprint density at radius 3 is 2.89 bits per heavy atom. The summed E-state index contributed by atoms with van der Waals surface area (Å²) in [7, 11) is 1.54. The number of aromatic nitrogens is 1. The molecule has 19 heavy (non-hydrogen) atoms. The van der Waals surface area contributed by atoms with E-state index < -0.39 is 0 Å². The number of nitrogens with zero attached hydrogens (tertiary/aromatic N) is 2. The van der Waals surface area contributed by atoms with Crippen molar-refractivity contribution in [2.75, 3.05) is 26.7 Å². The number of amides is 1. The number of hydrogen-bond acceptors (Lipinski definition) is 4. The Hall–Kier alpha value is -1.62. The normalized spacial score (nSPS) is 29.0. The molecule has 0 radical (unpaired) electrons. The predicted octanol–water partition coefficient (Wildman–Crippen LogP) is 0.914. The lowest BCUT2D eigenvalue weighted by molar-refractivity contribution is 0.0618. The highest BCUT2D eigenvalue weighted by Gasteiger charge is 2.35. The second-order valence-electron chi connectivity index (χ2n) is 5.28. The summed E-state index contributed by atoms with van der Waals surface area (Å²) in [4.78, 5) is 18.8. The van der Waals surface area contributed by atoms with Gasteiger partial charge in [-0.15, -0.1) is 0 Å². The summed E-state index contributed by atoms with van der Waals surface area (Å²) in [5, 5.41) is 3.14. The van der Waals surface area contributed by atoms with Crippen LogP contribution in [0.1, 0.15) is 23.2 Å². The highest BCUT2D eigenvalue weighted by molar-refractivity contribution is 5.96. The fourth-order valence-electron chi connectivity index (χ4n) is 3.10. The average Bonchev–Trinajstić information content (AvgIpc) is 2.48. The Bertz CT molecular complexity index is 470. The van der Waals surface area contributed by atoms with Crippen molar-refractivity contribution in [2.24, 2.45) is 5.92 Å². The molecule has 4 rings (SSSR count). The van der Waals surface area contributed by atoms with Gasteiger partial charge in [0.25, 0.3) is 5.91 Å². The van der Waals surface area contributed by atoms with E-state index in [0.29, 0.717) is 17.4 Å². The molecule has 5 nitrogen and oxygen atoms in total. The Morgan fingerprint density at radius 2 is 2.26 bits per heavy atom. The smallest absolute Gasteiger partial charge is 0.257 e. The van der Waals surface area contributed by atoms with Gasteiger partial charge in [-0.2, -0.15) is 0 Å². The van der Waals surface area contributed by atoms with E-state index in [9.17, 15) is 4.79 Å². The Balaban J connectivity index is 1.71. The van der Waals surface area contributed by atoms with Crippen LogP contribution in [0, 0.1) is 5.92 Å². The van der Waals surface area contributed by atoms with Crippen LogP contribution in [0.5, 0.6) is 5.88 Å². The van der Waals surface area contributed by atoms with Gasteiger partial charge in [-0.1, -0.05) is 0 Å². The third kappa shape index (κ3) is 2.42. The molecule has 3 aliphatic rings. The van der Waals surface area contributed by atoms with Gasteiger partial charge in [0.2, 0.25) is 5.88 Å². The molecule has 2 bridgehead atoms. The number of nitrogens with one attached hydrogen (secondary N) is 1. The summed E-state index contributed by atoms with van der Waals surface area (Å²) in [6.07, 6.45) is 4.01. The number of pyridine rings is 1. The highest BCUT2D eigenvalue weighted by Crippen LogP contribution is 2.28. The van der Waals surface area contributed by atoms with Crippen LogP contribution in [0.3, 0.4) is 0 Å². The van der Waals surface area contributed by atoms with Gasteiger partial charge < -0.3 is 15.0 Å². The molecule has 1 atom stereocenters. The number of piperidine rings is 3. The van der Waals surface area contributed by atoms with Gasteiger partial charge in [0.15, 0.2) is 0 Å². The third-order valence-electron chi connectivity index (χ3n) is 4.18. The lowest BCUT2D eigenvalue weighted by Crippen LogP contribution is -2.57. The van der Waals surface area contributed by atoms with Gasteiger partial charge >= 0.3 is 0 Å². The van der Waals surface area contributed by atoms with E-state index >= 15 is 0 Å². The number of ether oxygens (including phenoxy) is 1. The van der Waals surface area contributed by atoms with E-state index in [0.717, 1.165) is 6.54 Å². The Labute approximate surface area is 113 Å². The van der Waals surface area contributed by atoms with E-state index in [1.54, 1.807) is 18.3 Å². The molecule has 0 unspecified atom stereocenters. The number of carbonyl (C=O) groups excluding carboxylic acids is 1. The summed E-state index contributed by atoms with van der Waals surface area (Å²) in [6.45, 7) is 3.32. The number of rotatable bonds is 3. The van der Waals surface area contributed by atoms with E-state index in [1.165, 1.54) is 33.0 Å². The highest BCUT2D eigenvalue weighted by atomic mass is 16.5. The van der Waals surface area contributed by atoms with Gasteiger partial charge in [-0.05, 0) is 44.0 Å². The zero-order chi connectivity index (χ0) is 13.2. The number of methoxy groups -OCH3 is 1. The van der Waals surface area contributed by atoms with Crippen molar-refractivity contribution in [3.63, 3.8) is 0 Å². The standard InChI is InChI=1S/C14H19N3O2/c1-19-14-11(3-2-6-15-14)13(18)16-12-9-17-7-4-10(12)5-8-17/h2-3,6,10,12H,4-5,7-9H2,1H3,(H,16,18)/t12-/m1/s1. The topological polar surface area (TPSA) is 54.5 Å². The minimum atomic E-state index is -0.0799. The van der Waals surface area contributed by atoms with E-state index in [-0.39, 0.29) is 11.9 Å². The quantitative estimate of drug-likeness (QED) is 0.879. The molecular weight excluding hydrogens is 242 g/mol. The molecule has 102 valence electrons. The van der Waals surface area contributed by atoms with Crippen LogP contribution >= 0.6 is 0 Å². The fourth-order valence-corrected chi connectivity index (χ4v) is 3.10. The third-order valence-corrected chi connectivity index (χ3v) is 4.18. The van der Waals surface area contributed by atoms with Crippen molar-refractivity contribution in [3.8, 4) is 5.88 Å². The van der Waals surface area contributed by atoms with Crippen molar-refractivity contribution in [3.05, 3.63) is 23.9 Å². The molecule has 1 N–H and O–H groups in total. The molecular formula is C14H19N3O2. The van der Waals surface area contributed by atoms with E-state index in [1.807, 2.05) is 0 Å². The fraction of sp³-hybridized carbons (Fsp3) is 0.571. The summed E-state index contributed by atoms with van der Waals surface area (Å²) in [5.74, 6) is 0.932. The van der Waals surface area contributed by atoms with Gasteiger partial charge in [-0.3, -0.25) is 4.79 Å². The van der Waals surface area contributed by atoms with Gasteiger partial charge in [0, 0.05) is 18.8 Å². The average molecular weight is 261 g/mol. The van der Waals surface area contributed by atoms with E-state index in [2.05, 4.69) is 15.2 Å². The summed E-state index contributed by atoms with van der Waals surface area (Å²) >= 11 is 0. The monoisotopic (exact) mass is 261 g/mol. The van der Waals surface area contributed by atoms with Crippen molar-refractivity contribution < 1.29 is 9.53 Å². The SMILES string of the molecule is COc1ncccc1C(=O)N[C@@H]1CN2CCC1CC2. The minimum Gasteiger partial charge on any atom is -0.480 e. The first-order valence-corrected chi connectivity index (χ1v) is 6.80. The van der Waals surface area contributed by atoms with Crippen molar-refractivity contribution in [1.29, 1.82) is 0 Å².